The molecular formula is C20H32ClNO3. The summed E-state index contributed by atoms with van der Waals surface area (Å²) in [4.78, 5) is 14.6. The summed E-state index contributed by atoms with van der Waals surface area (Å²) in [5.41, 5.74) is 0.622. The minimum atomic E-state index is -0.506. The predicted octanol–water partition coefficient (Wildman–Crippen LogP) is 4.49. The van der Waals surface area contributed by atoms with E-state index in [1.54, 1.807) is 0 Å². The Balaban J connectivity index is 0.00000312. The fourth-order valence-electron chi connectivity index (χ4n) is 2.96. The fourth-order valence-corrected chi connectivity index (χ4v) is 2.96. The van der Waals surface area contributed by atoms with Gasteiger partial charge in [-0.2, -0.15) is 0 Å². The van der Waals surface area contributed by atoms with Crippen molar-refractivity contribution in [2.45, 2.75) is 59.9 Å². The molecule has 4 nitrogen and oxygen atoms in total. The van der Waals surface area contributed by atoms with Gasteiger partial charge < -0.3 is 9.47 Å². The van der Waals surface area contributed by atoms with Crippen LogP contribution < -0.4 is 9.47 Å². The Kier molecular flexibility index (Phi) is 8.23. The number of benzene rings is 1. The predicted molar refractivity (Wildman–Crippen MR) is 104 cm³/mol. The third kappa shape index (κ3) is 5.89. The van der Waals surface area contributed by atoms with Gasteiger partial charge in [0.05, 0.1) is 5.41 Å². The van der Waals surface area contributed by atoms with E-state index in [0.717, 1.165) is 50.3 Å². The van der Waals surface area contributed by atoms with Crippen molar-refractivity contribution in [2.75, 3.05) is 19.7 Å². The van der Waals surface area contributed by atoms with Crippen molar-refractivity contribution in [1.29, 1.82) is 0 Å². The number of esters is 1. The molecule has 0 bridgehead atoms. The monoisotopic (exact) mass is 369 g/mol. The molecule has 0 aromatic heterocycles. The third-order valence-electron chi connectivity index (χ3n) is 4.28. The number of halogens is 1. The van der Waals surface area contributed by atoms with Gasteiger partial charge >= 0.3 is 5.97 Å². The van der Waals surface area contributed by atoms with Gasteiger partial charge in [0.2, 0.25) is 0 Å². The molecule has 0 saturated heterocycles. The molecule has 0 N–H and O–H groups in total. The zero-order valence-corrected chi connectivity index (χ0v) is 16.9. The van der Waals surface area contributed by atoms with E-state index in [2.05, 4.69) is 18.7 Å². The second kappa shape index (κ2) is 9.44. The molecule has 0 amide bonds. The number of carbonyl (C=O) groups is 1. The number of rotatable bonds is 6. The van der Waals surface area contributed by atoms with Crippen LogP contribution in [-0.4, -0.2) is 36.6 Å². The van der Waals surface area contributed by atoms with E-state index in [-0.39, 0.29) is 18.4 Å². The maximum absolute atomic E-state index is 12.1. The summed E-state index contributed by atoms with van der Waals surface area (Å²) in [5, 5.41) is 0. The lowest BCUT2D eigenvalue weighted by Crippen LogP contribution is -2.44. The molecule has 1 aliphatic heterocycles. The Morgan fingerprint density at radius 2 is 1.88 bits per heavy atom. The second-order valence-electron chi connectivity index (χ2n) is 7.61. The number of hydrogen-bond donors (Lipinski definition) is 0. The molecular weight excluding hydrogens is 338 g/mol. The molecule has 1 unspecified atom stereocenters. The van der Waals surface area contributed by atoms with Crippen molar-refractivity contribution in [3.63, 3.8) is 0 Å². The normalized spacial score (nSPS) is 16.6. The summed E-state index contributed by atoms with van der Waals surface area (Å²) in [6.45, 7) is 12.9. The van der Waals surface area contributed by atoms with Gasteiger partial charge in [0.1, 0.15) is 18.1 Å². The molecule has 1 atom stereocenters. The van der Waals surface area contributed by atoms with E-state index in [9.17, 15) is 4.79 Å². The summed E-state index contributed by atoms with van der Waals surface area (Å²) in [6, 6.07) is 6.09. The zero-order chi connectivity index (χ0) is 17.7. The molecule has 1 aromatic carbocycles. The highest BCUT2D eigenvalue weighted by atomic mass is 35.5. The van der Waals surface area contributed by atoms with Gasteiger partial charge in [0.15, 0.2) is 0 Å². The largest absolute Gasteiger partial charge is 0.492 e. The molecule has 0 saturated carbocycles. The summed E-state index contributed by atoms with van der Waals surface area (Å²) in [5.74, 6) is 1.31. The third-order valence-corrected chi connectivity index (χ3v) is 4.28. The van der Waals surface area contributed by atoms with E-state index in [1.807, 2.05) is 39.0 Å². The van der Waals surface area contributed by atoms with Crippen LogP contribution in [0.15, 0.2) is 18.2 Å². The fraction of sp³-hybridized carbons (Fsp3) is 0.650. The van der Waals surface area contributed by atoms with Crippen molar-refractivity contribution in [1.82, 2.24) is 4.90 Å². The quantitative estimate of drug-likeness (QED) is 0.547. The first kappa shape index (κ1) is 21.8. The first-order valence-electron chi connectivity index (χ1n) is 9.07. The molecule has 0 aliphatic carbocycles. The van der Waals surface area contributed by atoms with Crippen molar-refractivity contribution in [3.05, 3.63) is 23.8 Å². The van der Waals surface area contributed by atoms with E-state index in [1.165, 1.54) is 0 Å². The SMILES string of the molecule is CCCN(CCC)C1COc2ccc(OC(=O)C(C)(C)C)cc2C1.Cl. The van der Waals surface area contributed by atoms with Crippen LogP contribution in [0.4, 0.5) is 0 Å². The van der Waals surface area contributed by atoms with Crippen LogP contribution in [0.25, 0.3) is 0 Å². The highest BCUT2D eigenvalue weighted by Gasteiger charge is 2.27. The standard InChI is InChI=1S/C20H31NO3.ClH/c1-6-10-21(11-7-2)16-12-15-13-17(8-9-18(15)23-14-16)24-19(22)20(3,4)5;/h8-9,13,16H,6-7,10-12,14H2,1-5H3;1H. The van der Waals surface area contributed by atoms with Gasteiger partial charge in [-0.05, 0) is 76.9 Å². The zero-order valence-electron chi connectivity index (χ0n) is 16.1. The van der Waals surface area contributed by atoms with E-state index < -0.39 is 5.41 Å². The van der Waals surface area contributed by atoms with Gasteiger partial charge in [-0.15, -0.1) is 12.4 Å². The number of hydrogen-bond acceptors (Lipinski definition) is 4. The molecule has 142 valence electrons. The van der Waals surface area contributed by atoms with Gasteiger partial charge in [-0.25, -0.2) is 0 Å². The van der Waals surface area contributed by atoms with Crippen LogP contribution in [0, 0.1) is 5.41 Å². The summed E-state index contributed by atoms with van der Waals surface area (Å²) in [7, 11) is 0. The number of nitrogens with zero attached hydrogens (tertiary/aromatic N) is 1. The van der Waals surface area contributed by atoms with Gasteiger partial charge in [-0.3, -0.25) is 9.69 Å². The van der Waals surface area contributed by atoms with Gasteiger partial charge in [0, 0.05) is 6.04 Å². The van der Waals surface area contributed by atoms with Crippen molar-refractivity contribution in [2.24, 2.45) is 5.41 Å². The second-order valence-corrected chi connectivity index (χ2v) is 7.61. The number of carbonyl (C=O) groups excluding carboxylic acids is 1. The van der Waals surface area contributed by atoms with E-state index in [4.69, 9.17) is 9.47 Å². The van der Waals surface area contributed by atoms with Crippen LogP contribution in [-0.2, 0) is 11.2 Å². The Hall–Kier alpha value is -1.26. The van der Waals surface area contributed by atoms with Crippen LogP contribution >= 0.6 is 12.4 Å². The average molecular weight is 370 g/mol. The Morgan fingerprint density at radius 3 is 2.44 bits per heavy atom. The Bertz CT molecular complexity index is 563. The molecule has 2 rings (SSSR count). The molecule has 0 radical (unpaired) electrons. The van der Waals surface area contributed by atoms with Crippen molar-refractivity contribution in [3.8, 4) is 11.5 Å². The van der Waals surface area contributed by atoms with Gasteiger partial charge in [-0.1, -0.05) is 13.8 Å². The topological polar surface area (TPSA) is 38.8 Å². The maximum Gasteiger partial charge on any atom is 0.316 e. The van der Waals surface area contributed by atoms with Gasteiger partial charge in [0.25, 0.3) is 0 Å². The first-order valence-corrected chi connectivity index (χ1v) is 9.07. The molecule has 1 heterocycles. The molecule has 5 heteroatoms. The van der Waals surface area contributed by atoms with Crippen molar-refractivity contribution >= 4 is 18.4 Å². The summed E-state index contributed by atoms with van der Waals surface area (Å²) in [6.07, 6.45) is 3.23. The lowest BCUT2D eigenvalue weighted by Gasteiger charge is -2.35. The highest BCUT2D eigenvalue weighted by molar-refractivity contribution is 5.85. The van der Waals surface area contributed by atoms with E-state index in [0.29, 0.717) is 11.8 Å². The maximum atomic E-state index is 12.1. The van der Waals surface area contributed by atoms with Crippen LogP contribution in [0.5, 0.6) is 11.5 Å². The first-order chi connectivity index (χ1) is 11.3. The Morgan fingerprint density at radius 1 is 1.24 bits per heavy atom. The number of ether oxygens (including phenoxy) is 2. The van der Waals surface area contributed by atoms with Crippen LogP contribution in [0.3, 0.4) is 0 Å². The molecule has 0 spiro atoms. The minimum Gasteiger partial charge on any atom is -0.492 e. The summed E-state index contributed by atoms with van der Waals surface area (Å²) >= 11 is 0. The van der Waals surface area contributed by atoms with Crippen LogP contribution in [0.2, 0.25) is 0 Å². The average Bonchev–Trinajstić information content (AvgIpc) is 2.53. The molecule has 25 heavy (non-hydrogen) atoms. The Labute approximate surface area is 158 Å². The summed E-state index contributed by atoms with van der Waals surface area (Å²) < 4.78 is 11.5. The van der Waals surface area contributed by atoms with E-state index >= 15 is 0 Å². The molecule has 0 fully saturated rings. The lowest BCUT2D eigenvalue weighted by molar-refractivity contribution is -0.143. The van der Waals surface area contributed by atoms with Crippen molar-refractivity contribution < 1.29 is 14.3 Å². The molecule has 1 aliphatic rings. The minimum absolute atomic E-state index is 0. The smallest absolute Gasteiger partial charge is 0.316 e. The highest BCUT2D eigenvalue weighted by Crippen LogP contribution is 2.31. The van der Waals surface area contributed by atoms with Crippen LogP contribution in [0.1, 0.15) is 53.0 Å². The number of fused-ring (bicyclic) bond motifs is 1. The lowest BCUT2D eigenvalue weighted by atomic mass is 9.97. The molecule has 1 aromatic rings.